The van der Waals surface area contributed by atoms with Crippen molar-refractivity contribution in [2.75, 3.05) is 20.8 Å². The average Bonchev–Trinajstić information content (AvgIpc) is 3.17. The van der Waals surface area contributed by atoms with E-state index < -0.39 is 27.1 Å². The second-order valence-corrected chi connectivity index (χ2v) is 10.5. The van der Waals surface area contributed by atoms with Crippen LogP contribution in [-0.4, -0.2) is 45.7 Å². The van der Waals surface area contributed by atoms with Crippen LogP contribution in [0.4, 0.5) is 0 Å². The van der Waals surface area contributed by atoms with Crippen LogP contribution in [-0.2, 0) is 29.9 Å². The Hall–Kier alpha value is -3.01. The van der Waals surface area contributed by atoms with Crippen LogP contribution in [0.15, 0.2) is 53.4 Å². The highest BCUT2D eigenvalue weighted by Gasteiger charge is 2.55. The topological polar surface area (TPSA) is 104 Å². The van der Waals surface area contributed by atoms with E-state index in [9.17, 15) is 13.2 Å². The molecule has 0 saturated carbocycles. The molecule has 8 nitrogen and oxygen atoms in total. The summed E-state index contributed by atoms with van der Waals surface area (Å²) in [5, 5.41) is 0.421. The van der Waals surface area contributed by atoms with Crippen LogP contribution in [0.25, 0.3) is 10.9 Å². The van der Waals surface area contributed by atoms with E-state index in [0.29, 0.717) is 22.2 Å². The number of nitrogens with one attached hydrogen (secondary N) is 1. The second kappa shape index (κ2) is 8.65. The molecule has 1 aliphatic rings. The standard InChI is InChI=1S/C25H28N2O6S/c1-16-9-12-21(31-4)19(13-16)25(14-24(3,32-5)15-33-25)23(28)27-34(29,30)22-8-6-7-20-18(22)11-10-17(2)26-20/h6-13H,14-15H2,1-5H3,(H,27,28)/t24-,25+/m1/s1. The van der Waals surface area contributed by atoms with Gasteiger partial charge in [-0.3, -0.25) is 9.78 Å². The Bertz CT molecular complexity index is 1370. The van der Waals surface area contributed by atoms with Gasteiger partial charge < -0.3 is 14.2 Å². The fraction of sp³-hybridized carbons (Fsp3) is 0.360. The fourth-order valence-corrected chi connectivity index (χ4v) is 5.58. The van der Waals surface area contributed by atoms with E-state index in [0.717, 1.165) is 11.3 Å². The molecule has 0 radical (unpaired) electrons. The van der Waals surface area contributed by atoms with Crippen molar-refractivity contribution in [1.82, 2.24) is 9.71 Å². The molecule has 2 atom stereocenters. The number of fused-ring (bicyclic) bond motifs is 1. The molecule has 4 rings (SSSR count). The minimum absolute atomic E-state index is 0.0373. The number of methoxy groups -OCH3 is 2. The zero-order chi connectivity index (χ0) is 24.7. The van der Waals surface area contributed by atoms with E-state index in [2.05, 4.69) is 9.71 Å². The van der Waals surface area contributed by atoms with E-state index in [-0.39, 0.29) is 17.9 Å². The molecular formula is C25H28N2O6S. The Kier molecular flexibility index (Phi) is 6.14. The summed E-state index contributed by atoms with van der Waals surface area (Å²) < 4.78 is 46.4. The Labute approximate surface area is 199 Å². The molecule has 0 bridgehead atoms. The van der Waals surface area contributed by atoms with E-state index in [1.54, 1.807) is 36.4 Å². The van der Waals surface area contributed by atoms with E-state index in [1.807, 2.05) is 26.8 Å². The molecule has 1 saturated heterocycles. The fourth-order valence-electron chi connectivity index (χ4n) is 4.34. The molecular weight excluding hydrogens is 456 g/mol. The first-order chi connectivity index (χ1) is 16.0. The van der Waals surface area contributed by atoms with Crippen LogP contribution < -0.4 is 9.46 Å². The number of ether oxygens (including phenoxy) is 3. The maximum atomic E-state index is 13.8. The first kappa shape index (κ1) is 24.1. The van der Waals surface area contributed by atoms with Gasteiger partial charge in [-0.15, -0.1) is 0 Å². The van der Waals surface area contributed by atoms with Gasteiger partial charge in [-0.05, 0) is 57.2 Å². The summed E-state index contributed by atoms with van der Waals surface area (Å²) in [5.41, 5.74) is 0.171. The number of carbonyl (C=O) groups excluding carboxylic acids is 1. The van der Waals surface area contributed by atoms with Crippen molar-refractivity contribution in [3.8, 4) is 5.75 Å². The van der Waals surface area contributed by atoms with Gasteiger partial charge in [0.05, 0.1) is 29.7 Å². The van der Waals surface area contributed by atoms with Gasteiger partial charge in [0.2, 0.25) is 0 Å². The molecule has 34 heavy (non-hydrogen) atoms. The molecule has 1 fully saturated rings. The van der Waals surface area contributed by atoms with Crippen molar-refractivity contribution in [3.63, 3.8) is 0 Å². The smallest absolute Gasteiger partial charge is 0.270 e. The Morgan fingerprint density at radius 2 is 1.88 bits per heavy atom. The Balaban J connectivity index is 1.81. The number of nitrogens with zero attached hydrogens (tertiary/aromatic N) is 1. The monoisotopic (exact) mass is 484 g/mol. The van der Waals surface area contributed by atoms with Gasteiger partial charge in [-0.2, -0.15) is 0 Å². The maximum Gasteiger partial charge on any atom is 0.270 e. The average molecular weight is 485 g/mol. The number of sulfonamides is 1. The molecule has 180 valence electrons. The van der Waals surface area contributed by atoms with Crippen LogP contribution in [0.3, 0.4) is 0 Å². The molecule has 9 heteroatoms. The SMILES string of the molecule is COc1ccc(C)cc1[C@]1(C(=O)NS(=O)(=O)c2cccc3nc(C)ccc23)C[C@@](C)(OC)CO1. The number of amides is 1. The van der Waals surface area contributed by atoms with Crippen LogP contribution in [0.1, 0.15) is 30.2 Å². The van der Waals surface area contributed by atoms with Crippen molar-refractivity contribution in [1.29, 1.82) is 0 Å². The summed E-state index contributed by atoms with van der Waals surface area (Å²) in [6.45, 7) is 5.62. The van der Waals surface area contributed by atoms with Gasteiger partial charge in [-0.25, -0.2) is 13.1 Å². The summed E-state index contributed by atoms with van der Waals surface area (Å²) in [6.07, 6.45) is 0.105. The van der Waals surface area contributed by atoms with Gasteiger partial charge >= 0.3 is 0 Å². The second-order valence-electron chi connectivity index (χ2n) is 8.86. The minimum atomic E-state index is -4.26. The zero-order valence-corrected chi connectivity index (χ0v) is 20.7. The first-order valence-corrected chi connectivity index (χ1v) is 12.3. The minimum Gasteiger partial charge on any atom is -0.496 e. The summed E-state index contributed by atoms with van der Waals surface area (Å²) in [4.78, 5) is 18.1. The molecule has 3 aromatic rings. The Morgan fingerprint density at radius 1 is 1.12 bits per heavy atom. The maximum absolute atomic E-state index is 13.8. The summed E-state index contributed by atoms with van der Waals surface area (Å²) in [7, 11) is -1.23. The predicted molar refractivity (Wildman–Crippen MR) is 127 cm³/mol. The summed E-state index contributed by atoms with van der Waals surface area (Å²) >= 11 is 0. The number of benzene rings is 2. The largest absolute Gasteiger partial charge is 0.496 e. The lowest BCUT2D eigenvalue weighted by Crippen LogP contribution is -2.47. The van der Waals surface area contributed by atoms with E-state index in [1.165, 1.54) is 20.3 Å². The number of pyridine rings is 1. The van der Waals surface area contributed by atoms with Crippen molar-refractivity contribution in [2.45, 2.75) is 43.3 Å². The molecule has 1 aliphatic heterocycles. The Morgan fingerprint density at radius 3 is 2.56 bits per heavy atom. The van der Waals surface area contributed by atoms with Crippen LogP contribution in [0, 0.1) is 13.8 Å². The van der Waals surface area contributed by atoms with Gasteiger partial charge in [0, 0.05) is 30.2 Å². The highest BCUT2D eigenvalue weighted by molar-refractivity contribution is 7.90. The van der Waals surface area contributed by atoms with Crippen LogP contribution in [0.2, 0.25) is 0 Å². The molecule has 0 spiro atoms. The van der Waals surface area contributed by atoms with Crippen LogP contribution in [0.5, 0.6) is 5.75 Å². The highest BCUT2D eigenvalue weighted by Crippen LogP contribution is 2.46. The van der Waals surface area contributed by atoms with Crippen molar-refractivity contribution in [2.24, 2.45) is 0 Å². The van der Waals surface area contributed by atoms with Crippen molar-refractivity contribution < 1.29 is 27.4 Å². The lowest BCUT2D eigenvalue weighted by molar-refractivity contribution is -0.140. The third kappa shape index (κ3) is 4.15. The molecule has 2 heterocycles. The molecule has 1 aromatic heterocycles. The number of rotatable bonds is 6. The number of aromatic nitrogens is 1. The van der Waals surface area contributed by atoms with Gasteiger partial charge in [0.15, 0.2) is 5.60 Å². The van der Waals surface area contributed by atoms with Crippen LogP contribution >= 0.6 is 0 Å². The summed E-state index contributed by atoms with van der Waals surface area (Å²) in [5.74, 6) is -0.391. The number of aryl methyl sites for hydroxylation is 2. The molecule has 1 N–H and O–H groups in total. The molecule has 0 aliphatic carbocycles. The zero-order valence-electron chi connectivity index (χ0n) is 19.8. The van der Waals surface area contributed by atoms with E-state index in [4.69, 9.17) is 14.2 Å². The number of hydrogen-bond acceptors (Lipinski definition) is 7. The molecule has 0 unspecified atom stereocenters. The van der Waals surface area contributed by atoms with Crippen molar-refractivity contribution >= 4 is 26.8 Å². The van der Waals surface area contributed by atoms with Gasteiger partial charge in [0.1, 0.15) is 5.75 Å². The normalized spacial score (nSPS) is 22.6. The summed E-state index contributed by atoms with van der Waals surface area (Å²) in [6, 6.07) is 13.5. The number of carbonyl (C=O) groups is 1. The van der Waals surface area contributed by atoms with E-state index >= 15 is 0 Å². The quantitative estimate of drug-likeness (QED) is 0.572. The molecule has 2 aromatic carbocycles. The number of hydrogen-bond donors (Lipinski definition) is 1. The first-order valence-electron chi connectivity index (χ1n) is 10.8. The third-order valence-electron chi connectivity index (χ3n) is 6.24. The highest BCUT2D eigenvalue weighted by atomic mass is 32.2. The predicted octanol–water partition coefficient (Wildman–Crippen LogP) is 3.39. The van der Waals surface area contributed by atoms with Gasteiger partial charge in [0.25, 0.3) is 15.9 Å². The molecule has 1 amide bonds. The lowest BCUT2D eigenvalue weighted by Gasteiger charge is -2.30. The third-order valence-corrected chi connectivity index (χ3v) is 7.63. The van der Waals surface area contributed by atoms with Crippen molar-refractivity contribution in [3.05, 3.63) is 65.4 Å². The van der Waals surface area contributed by atoms with Gasteiger partial charge in [-0.1, -0.05) is 17.7 Å². The lowest BCUT2D eigenvalue weighted by atomic mass is 9.84.